The molecule has 0 saturated carbocycles. The van der Waals surface area contributed by atoms with Gasteiger partial charge in [-0.15, -0.1) is 0 Å². The van der Waals surface area contributed by atoms with Crippen molar-refractivity contribution in [2.24, 2.45) is 0 Å². The van der Waals surface area contributed by atoms with Crippen LogP contribution in [0.1, 0.15) is 32.6 Å². The molecular weight excluding hydrogens is 237 g/mol. The van der Waals surface area contributed by atoms with Crippen molar-refractivity contribution < 1.29 is 19.0 Å². The molecule has 0 aliphatic heterocycles. The van der Waals surface area contributed by atoms with Gasteiger partial charge in [-0.2, -0.15) is 0 Å². The summed E-state index contributed by atoms with van der Waals surface area (Å²) in [7, 11) is 0. The van der Waals surface area contributed by atoms with E-state index >= 15 is 0 Å². The molecule has 100 valence electrons. The highest BCUT2D eigenvalue weighted by molar-refractivity contribution is 5.84. The number of ether oxygens (including phenoxy) is 1. The van der Waals surface area contributed by atoms with Gasteiger partial charge < -0.3 is 9.84 Å². The number of hydrogen-bond acceptors (Lipinski definition) is 3. The standard InChI is InChI=1S/C13H18FNO3/c1-2-3-4-5-8-18-13(17)15-10-6-7-12(16)11(14)9-10/h6-7,9,16H,2-5,8H2,1H3,(H,15,17). The molecule has 0 aliphatic rings. The van der Waals surface area contributed by atoms with Crippen molar-refractivity contribution >= 4 is 11.8 Å². The predicted molar refractivity (Wildman–Crippen MR) is 67.2 cm³/mol. The molecule has 1 amide bonds. The lowest BCUT2D eigenvalue weighted by atomic mass is 10.2. The Balaban J connectivity index is 2.29. The third-order valence-electron chi connectivity index (χ3n) is 2.43. The number of phenols is 1. The molecule has 0 heterocycles. The number of hydrogen-bond donors (Lipinski definition) is 2. The van der Waals surface area contributed by atoms with Gasteiger partial charge in [0.1, 0.15) is 0 Å². The Bertz CT molecular complexity index is 396. The summed E-state index contributed by atoms with van der Waals surface area (Å²) in [5.41, 5.74) is 0.254. The van der Waals surface area contributed by atoms with Crippen molar-refractivity contribution in [1.82, 2.24) is 0 Å². The van der Waals surface area contributed by atoms with E-state index in [9.17, 15) is 9.18 Å². The molecule has 5 heteroatoms. The molecule has 0 fully saturated rings. The fourth-order valence-electron chi connectivity index (χ4n) is 1.43. The van der Waals surface area contributed by atoms with Gasteiger partial charge >= 0.3 is 6.09 Å². The Kier molecular flexibility index (Phi) is 5.97. The highest BCUT2D eigenvalue weighted by Gasteiger charge is 2.06. The number of unbranched alkanes of at least 4 members (excludes halogenated alkanes) is 3. The Morgan fingerprint density at radius 2 is 2.17 bits per heavy atom. The van der Waals surface area contributed by atoms with E-state index in [1.807, 2.05) is 0 Å². The fraction of sp³-hybridized carbons (Fsp3) is 0.462. The van der Waals surface area contributed by atoms with Crippen LogP contribution < -0.4 is 5.32 Å². The van der Waals surface area contributed by atoms with E-state index in [1.165, 1.54) is 12.1 Å². The molecule has 0 bridgehead atoms. The van der Waals surface area contributed by atoms with Crippen molar-refractivity contribution in [2.45, 2.75) is 32.6 Å². The summed E-state index contributed by atoms with van der Waals surface area (Å²) in [4.78, 5) is 11.3. The van der Waals surface area contributed by atoms with Crippen molar-refractivity contribution in [3.05, 3.63) is 24.0 Å². The highest BCUT2D eigenvalue weighted by atomic mass is 19.1. The summed E-state index contributed by atoms with van der Waals surface area (Å²) >= 11 is 0. The van der Waals surface area contributed by atoms with Crippen LogP contribution in [0, 0.1) is 5.82 Å². The molecule has 18 heavy (non-hydrogen) atoms. The first-order valence-corrected chi connectivity index (χ1v) is 6.05. The summed E-state index contributed by atoms with van der Waals surface area (Å²) in [6.07, 6.45) is 3.48. The number of carbonyl (C=O) groups is 1. The molecule has 2 N–H and O–H groups in total. The topological polar surface area (TPSA) is 58.6 Å². The van der Waals surface area contributed by atoms with Crippen LogP contribution >= 0.6 is 0 Å². The molecule has 0 aromatic heterocycles. The summed E-state index contributed by atoms with van der Waals surface area (Å²) in [6, 6.07) is 3.61. The van der Waals surface area contributed by atoms with Crippen LogP contribution in [0.4, 0.5) is 14.9 Å². The first-order valence-electron chi connectivity index (χ1n) is 6.05. The van der Waals surface area contributed by atoms with E-state index < -0.39 is 17.7 Å². The van der Waals surface area contributed by atoms with Crippen molar-refractivity contribution in [1.29, 1.82) is 0 Å². The van der Waals surface area contributed by atoms with E-state index in [0.717, 1.165) is 31.7 Å². The van der Waals surface area contributed by atoms with Gasteiger partial charge in [0.05, 0.1) is 6.61 Å². The molecule has 0 unspecified atom stereocenters. The van der Waals surface area contributed by atoms with E-state index in [1.54, 1.807) is 0 Å². The highest BCUT2D eigenvalue weighted by Crippen LogP contribution is 2.19. The minimum Gasteiger partial charge on any atom is -0.505 e. The fourth-order valence-corrected chi connectivity index (χ4v) is 1.43. The van der Waals surface area contributed by atoms with Gasteiger partial charge in [-0.05, 0) is 18.6 Å². The number of carbonyl (C=O) groups excluding carboxylic acids is 1. The number of benzene rings is 1. The number of phenolic OH excluding ortho intramolecular Hbond substituents is 1. The summed E-state index contributed by atoms with van der Waals surface area (Å²) in [5.74, 6) is -1.23. The lowest BCUT2D eigenvalue weighted by Gasteiger charge is -2.07. The van der Waals surface area contributed by atoms with Crippen LogP contribution in [-0.4, -0.2) is 17.8 Å². The second kappa shape index (κ2) is 7.53. The van der Waals surface area contributed by atoms with Gasteiger partial charge in [-0.1, -0.05) is 26.2 Å². The van der Waals surface area contributed by atoms with E-state index in [-0.39, 0.29) is 5.69 Å². The Morgan fingerprint density at radius 1 is 1.39 bits per heavy atom. The largest absolute Gasteiger partial charge is 0.505 e. The van der Waals surface area contributed by atoms with Gasteiger partial charge in [0, 0.05) is 11.8 Å². The third-order valence-corrected chi connectivity index (χ3v) is 2.43. The van der Waals surface area contributed by atoms with Gasteiger partial charge in [0.15, 0.2) is 11.6 Å². The number of halogens is 1. The number of anilines is 1. The molecule has 0 atom stereocenters. The molecule has 0 radical (unpaired) electrons. The smallest absolute Gasteiger partial charge is 0.411 e. The molecule has 4 nitrogen and oxygen atoms in total. The van der Waals surface area contributed by atoms with E-state index in [4.69, 9.17) is 9.84 Å². The number of amides is 1. The number of aromatic hydroxyl groups is 1. The molecule has 1 aromatic carbocycles. The zero-order chi connectivity index (χ0) is 13.4. The molecule has 0 spiro atoms. The third kappa shape index (κ3) is 5.03. The first kappa shape index (κ1) is 14.3. The maximum absolute atomic E-state index is 13.0. The van der Waals surface area contributed by atoms with Crippen LogP contribution in [0.15, 0.2) is 18.2 Å². The second-order valence-corrected chi connectivity index (χ2v) is 3.99. The number of nitrogens with one attached hydrogen (secondary N) is 1. The van der Waals surface area contributed by atoms with Crippen LogP contribution in [0.25, 0.3) is 0 Å². The predicted octanol–water partition coefficient (Wildman–Crippen LogP) is 3.66. The summed E-state index contributed by atoms with van der Waals surface area (Å²) in [6.45, 7) is 2.46. The zero-order valence-corrected chi connectivity index (χ0v) is 10.4. The Hall–Kier alpha value is -1.78. The van der Waals surface area contributed by atoms with Crippen molar-refractivity contribution in [2.75, 3.05) is 11.9 Å². The van der Waals surface area contributed by atoms with Crippen LogP contribution in [0.3, 0.4) is 0 Å². The monoisotopic (exact) mass is 255 g/mol. The van der Waals surface area contributed by atoms with Gasteiger partial charge in [0.2, 0.25) is 0 Å². The Labute approximate surface area is 106 Å². The van der Waals surface area contributed by atoms with Gasteiger partial charge in [0.25, 0.3) is 0 Å². The number of rotatable bonds is 6. The summed E-state index contributed by atoms with van der Waals surface area (Å²) < 4.78 is 17.9. The quantitative estimate of drug-likeness (QED) is 0.602. The van der Waals surface area contributed by atoms with E-state index in [2.05, 4.69) is 12.2 Å². The maximum Gasteiger partial charge on any atom is 0.411 e. The SMILES string of the molecule is CCCCCCOC(=O)Nc1ccc(O)c(F)c1. The Morgan fingerprint density at radius 3 is 2.83 bits per heavy atom. The lowest BCUT2D eigenvalue weighted by Crippen LogP contribution is -2.14. The maximum atomic E-state index is 13.0. The molecule has 0 saturated heterocycles. The second-order valence-electron chi connectivity index (χ2n) is 3.99. The minimum absolute atomic E-state index is 0.254. The van der Waals surface area contributed by atoms with Crippen molar-refractivity contribution in [3.8, 4) is 5.75 Å². The van der Waals surface area contributed by atoms with Crippen molar-refractivity contribution in [3.63, 3.8) is 0 Å². The molecule has 0 aliphatic carbocycles. The van der Waals surface area contributed by atoms with Crippen LogP contribution in [-0.2, 0) is 4.74 Å². The first-order chi connectivity index (χ1) is 8.63. The molecule has 1 rings (SSSR count). The van der Waals surface area contributed by atoms with Crippen LogP contribution in [0.5, 0.6) is 5.75 Å². The molecule has 1 aromatic rings. The van der Waals surface area contributed by atoms with Crippen LogP contribution in [0.2, 0.25) is 0 Å². The van der Waals surface area contributed by atoms with Gasteiger partial charge in [-0.25, -0.2) is 9.18 Å². The average Bonchev–Trinajstić information content (AvgIpc) is 2.34. The average molecular weight is 255 g/mol. The zero-order valence-electron chi connectivity index (χ0n) is 10.4. The molecular formula is C13H18FNO3. The minimum atomic E-state index is -0.782. The lowest BCUT2D eigenvalue weighted by molar-refractivity contribution is 0.159. The van der Waals surface area contributed by atoms with E-state index in [0.29, 0.717) is 6.61 Å². The normalized spacial score (nSPS) is 10.1. The summed E-state index contributed by atoms with van der Waals surface area (Å²) in [5, 5.41) is 11.4. The van der Waals surface area contributed by atoms with Gasteiger partial charge in [-0.3, -0.25) is 5.32 Å².